The fourth-order valence-corrected chi connectivity index (χ4v) is 4.10. The summed E-state index contributed by atoms with van der Waals surface area (Å²) in [4.78, 5) is 12.2. The van der Waals surface area contributed by atoms with Crippen molar-refractivity contribution in [1.82, 2.24) is 9.78 Å². The molecule has 0 saturated heterocycles. The third-order valence-electron chi connectivity index (χ3n) is 5.63. The van der Waals surface area contributed by atoms with Crippen LogP contribution in [0.25, 0.3) is 22.0 Å². The van der Waals surface area contributed by atoms with Crippen LogP contribution < -0.4 is 10.6 Å². The largest absolute Gasteiger partial charge is 0.380 e. The molecule has 2 aromatic carbocycles. The first-order chi connectivity index (χ1) is 13.5. The Balaban J connectivity index is 1.72. The molecule has 0 spiro atoms. The highest BCUT2D eigenvalue weighted by Crippen LogP contribution is 2.44. The van der Waals surface area contributed by atoms with Crippen molar-refractivity contribution in [3.8, 4) is 17.2 Å². The van der Waals surface area contributed by atoms with E-state index in [4.69, 9.17) is 5.10 Å². The van der Waals surface area contributed by atoms with Crippen LogP contribution >= 0.6 is 0 Å². The maximum absolute atomic E-state index is 12.2. The summed E-state index contributed by atoms with van der Waals surface area (Å²) in [6, 6.07) is 12.3. The first-order valence-corrected chi connectivity index (χ1v) is 9.65. The van der Waals surface area contributed by atoms with Crippen LogP contribution in [0.5, 0.6) is 0 Å². The molecule has 3 aromatic rings. The van der Waals surface area contributed by atoms with Crippen molar-refractivity contribution in [1.29, 1.82) is 5.26 Å². The van der Waals surface area contributed by atoms with Crippen LogP contribution in [-0.4, -0.2) is 21.7 Å². The van der Waals surface area contributed by atoms with Crippen molar-refractivity contribution in [3.63, 3.8) is 0 Å². The number of fused-ring (bicyclic) bond motifs is 2. The minimum Gasteiger partial charge on any atom is -0.380 e. The number of carbonyl (C=O) groups is 1. The summed E-state index contributed by atoms with van der Waals surface area (Å²) in [5, 5.41) is 21.8. The lowest BCUT2D eigenvalue weighted by Gasteiger charge is -2.18. The molecule has 0 bridgehead atoms. The number of aromatic nitrogens is 2. The molecule has 1 aliphatic heterocycles. The van der Waals surface area contributed by atoms with E-state index in [-0.39, 0.29) is 11.9 Å². The Morgan fingerprint density at radius 2 is 2.04 bits per heavy atom. The van der Waals surface area contributed by atoms with Gasteiger partial charge in [0.25, 0.3) is 0 Å². The number of anilines is 2. The second-order valence-electron chi connectivity index (χ2n) is 7.84. The standard InChI is InChI=1S/C22H21N5O/c1-12-9-19(28)25-21-15(11-23)5-7-16(22(21)24-12)14-6-8-18-17(10-14)20(13-3-4-13)26-27(18)2/h5-8,10,12-13,24H,3-4,9H2,1-2H3,(H,25,28)/t12-/m1/s1. The van der Waals surface area contributed by atoms with Gasteiger partial charge in [0.2, 0.25) is 5.91 Å². The Morgan fingerprint density at radius 1 is 1.21 bits per heavy atom. The monoisotopic (exact) mass is 371 g/mol. The zero-order valence-corrected chi connectivity index (χ0v) is 15.9. The SMILES string of the molecule is C[C@@H]1CC(=O)Nc2c(C#N)ccc(-c3ccc4c(c3)c(C3CC3)nn4C)c2N1. The molecule has 5 rings (SSSR count). The molecule has 1 amide bonds. The van der Waals surface area contributed by atoms with Gasteiger partial charge in [-0.3, -0.25) is 9.48 Å². The van der Waals surface area contributed by atoms with Crippen molar-refractivity contribution in [3.05, 3.63) is 41.6 Å². The zero-order valence-electron chi connectivity index (χ0n) is 15.9. The van der Waals surface area contributed by atoms with E-state index in [0.717, 1.165) is 22.3 Å². The molecule has 0 radical (unpaired) electrons. The summed E-state index contributed by atoms with van der Waals surface area (Å²) >= 11 is 0. The van der Waals surface area contributed by atoms with Crippen molar-refractivity contribution >= 4 is 28.2 Å². The number of hydrogen-bond acceptors (Lipinski definition) is 4. The number of benzene rings is 2. The van der Waals surface area contributed by atoms with Crippen LogP contribution in [0.3, 0.4) is 0 Å². The zero-order chi connectivity index (χ0) is 19.4. The number of amides is 1. The van der Waals surface area contributed by atoms with Gasteiger partial charge >= 0.3 is 0 Å². The number of nitriles is 1. The predicted molar refractivity (Wildman–Crippen MR) is 109 cm³/mol. The van der Waals surface area contributed by atoms with E-state index in [2.05, 4.69) is 34.9 Å². The highest BCUT2D eigenvalue weighted by molar-refractivity contribution is 6.03. The smallest absolute Gasteiger partial charge is 0.226 e. The van der Waals surface area contributed by atoms with Crippen molar-refractivity contribution in [2.45, 2.75) is 38.1 Å². The number of rotatable bonds is 2. The molecule has 2 N–H and O–H groups in total. The van der Waals surface area contributed by atoms with Gasteiger partial charge in [-0.05, 0) is 43.5 Å². The normalized spacial score (nSPS) is 18.8. The quantitative estimate of drug-likeness (QED) is 0.709. The van der Waals surface area contributed by atoms with Crippen LogP contribution in [-0.2, 0) is 11.8 Å². The second kappa shape index (κ2) is 6.10. The minimum absolute atomic E-state index is 0.0157. The van der Waals surface area contributed by atoms with Gasteiger partial charge < -0.3 is 10.6 Å². The lowest BCUT2D eigenvalue weighted by Crippen LogP contribution is -2.19. The lowest BCUT2D eigenvalue weighted by molar-refractivity contribution is -0.116. The van der Waals surface area contributed by atoms with E-state index in [1.165, 1.54) is 23.9 Å². The van der Waals surface area contributed by atoms with E-state index < -0.39 is 0 Å². The average molecular weight is 371 g/mol. The summed E-state index contributed by atoms with van der Waals surface area (Å²) < 4.78 is 1.95. The Kier molecular flexibility index (Phi) is 3.66. The first kappa shape index (κ1) is 16.8. The van der Waals surface area contributed by atoms with E-state index in [9.17, 15) is 10.1 Å². The number of hydrogen-bond donors (Lipinski definition) is 2. The Hall–Kier alpha value is -3.33. The van der Waals surface area contributed by atoms with Gasteiger partial charge in [-0.1, -0.05) is 12.1 Å². The molecule has 1 fully saturated rings. The molecule has 2 heterocycles. The summed E-state index contributed by atoms with van der Waals surface area (Å²) in [7, 11) is 1.99. The molecular weight excluding hydrogens is 350 g/mol. The molecule has 2 aliphatic rings. The maximum Gasteiger partial charge on any atom is 0.226 e. The van der Waals surface area contributed by atoms with Gasteiger partial charge in [0.1, 0.15) is 6.07 Å². The molecule has 6 nitrogen and oxygen atoms in total. The number of carbonyl (C=O) groups excluding carboxylic acids is 1. The van der Waals surface area contributed by atoms with Crippen LogP contribution in [0.4, 0.5) is 11.4 Å². The molecule has 6 heteroatoms. The minimum atomic E-state index is -0.0777. The fraction of sp³-hybridized carbons (Fsp3) is 0.318. The van der Waals surface area contributed by atoms with Crippen molar-refractivity contribution < 1.29 is 4.79 Å². The van der Waals surface area contributed by atoms with E-state index in [1.54, 1.807) is 6.07 Å². The molecule has 1 atom stereocenters. The van der Waals surface area contributed by atoms with Gasteiger partial charge in [-0.15, -0.1) is 0 Å². The molecule has 1 aromatic heterocycles. The molecular formula is C22H21N5O. The Morgan fingerprint density at radius 3 is 2.79 bits per heavy atom. The third-order valence-corrected chi connectivity index (χ3v) is 5.63. The van der Waals surface area contributed by atoms with Crippen molar-refractivity contribution in [2.24, 2.45) is 7.05 Å². The maximum atomic E-state index is 12.2. The number of aryl methyl sites for hydroxylation is 1. The lowest BCUT2D eigenvalue weighted by atomic mass is 9.97. The molecule has 28 heavy (non-hydrogen) atoms. The summed E-state index contributed by atoms with van der Waals surface area (Å²) in [5.74, 6) is 0.487. The van der Waals surface area contributed by atoms with Gasteiger partial charge in [0.15, 0.2) is 0 Å². The molecule has 1 aliphatic carbocycles. The van der Waals surface area contributed by atoms with E-state index in [1.807, 2.05) is 24.7 Å². The molecule has 140 valence electrons. The highest BCUT2D eigenvalue weighted by Gasteiger charge is 2.29. The van der Waals surface area contributed by atoms with Gasteiger partial charge in [-0.25, -0.2) is 0 Å². The van der Waals surface area contributed by atoms with Gasteiger partial charge in [-0.2, -0.15) is 10.4 Å². The van der Waals surface area contributed by atoms with Gasteiger partial charge in [0.05, 0.1) is 28.1 Å². The Labute approximate surface area is 163 Å². The fourth-order valence-electron chi connectivity index (χ4n) is 4.10. The molecule has 1 saturated carbocycles. The first-order valence-electron chi connectivity index (χ1n) is 9.65. The van der Waals surface area contributed by atoms with Crippen LogP contribution in [0.2, 0.25) is 0 Å². The number of nitrogens with zero attached hydrogens (tertiary/aromatic N) is 3. The summed E-state index contributed by atoms with van der Waals surface area (Å²) in [6.45, 7) is 1.98. The average Bonchev–Trinajstić information content (AvgIpc) is 3.48. The topological polar surface area (TPSA) is 82.7 Å². The van der Waals surface area contributed by atoms with Crippen LogP contribution in [0.1, 0.15) is 43.4 Å². The van der Waals surface area contributed by atoms with Crippen molar-refractivity contribution in [2.75, 3.05) is 10.6 Å². The predicted octanol–water partition coefficient (Wildman–Crippen LogP) is 4.13. The number of nitrogens with one attached hydrogen (secondary N) is 2. The van der Waals surface area contributed by atoms with E-state index >= 15 is 0 Å². The second-order valence-corrected chi connectivity index (χ2v) is 7.84. The highest BCUT2D eigenvalue weighted by atomic mass is 16.1. The summed E-state index contributed by atoms with van der Waals surface area (Å²) in [5.41, 5.74) is 6.19. The van der Waals surface area contributed by atoms with Gasteiger partial charge in [0, 0.05) is 36.4 Å². The Bertz CT molecular complexity index is 1170. The van der Waals surface area contributed by atoms with E-state index in [0.29, 0.717) is 23.6 Å². The van der Waals surface area contributed by atoms with Crippen LogP contribution in [0, 0.1) is 11.3 Å². The third kappa shape index (κ3) is 2.63. The molecule has 0 unspecified atom stereocenters. The summed E-state index contributed by atoms with van der Waals surface area (Å²) in [6.07, 6.45) is 2.77. The van der Waals surface area contributed by atoms with Crippen LogP contribution in [0.15, 0.2) is 30.3 Å².